The van der Waals surface area contributed by atoms with E-state index in [1.165, 1.54) is 25.7 Å². The van der Waals surface area contributed by atoms with Gasteiger partial charge in [-0.25, -0.2) is 8.42 Å². The first-order valence-corrected chi connectivity index (χ1v) is 14.3. The fraction of sp³-hybridized carbons (Fsp3) is 0.654. The topological polar surface area (TPSA) is 70.9 Å². The molecule has 0 aliphatic carbocycles. The van der Waals surface area contributed by atoms with Crippen molar-refractivity contribution in [3.05, 3.63) is 41.1 Å². The summed E-state index contributed by atoms with van der Waals surface area (Å²) in [4.78, 5) is 9.37. The maximum absolute atomic E-state index is 13.5. The highest BCUT2D eigenvalue weighted by molar-refractivity contribution is 7.95. The predicted molar refractivity (Wildman–Crippen MR) is 135 cm³/mol. The maximum Gasteiger partial charge on any atom is 0.220 e. The number of rotatable bonds is 9. The molecule has 0 N–H and O–H groups in total. The van der Waals surface area contributed by atoms with E-state index in [4.69, 9.17) is 0 Å². The average Bonchev–Trinajstić information content (AvgIpc) is 3.55. The quantitative estimate of drug-likeness (QED) is 0.498. The molecule has 34 heavy (non-hydrogen) atoms. The van der Waals surface area contributed by atoms with Gasteiger partial charge in [0.15, 0.2) is 4.91 Å². The number of hydrogen-bond acceptors (Lipinski definition) is 7. The van der Waals surface area contributed by atoms with Crippen molar-refractivity contribution in [1.82, 2.24) is 19.6 Å². The second-order valence-corrected chi connectivity index (χ2v) is 11.8. The van der Waals surface area contributed by atoms with Gasteiger partial charge >= 0.3 is 0 Å². The van der Waals surface area contributed by atoms with Gasteiger partial charge in [0.2, 0.25) is 9.84 Å². The largest absolute Gasteiger partial charge is 0.355 e. The van der Waals surface area contributed by atoms with Crippen molar-refractivity contribution in [1.29, 1.82) is 5.26 Å². The summed E-state index contributed by atoms with van der Waals surface area (Å²) in [7, 11) is -3.89. The minimum atomic E-state index is -3.89. The molecule has 0 amide bonds. The third-order valence-electron chi connectivity index (χ3n) is 7.78. The summed E-state index contributed by atoms with van der Waals surface area (Å²) in [6.45, 7) is 11.7. The summed E-state index contributed by atoms with van der Waals surface area (Å²) >= 11 is 0. The number of nitriles is 1. The van der Waals surface area contributed by atoms with E-state index in [1.807, 2.05) is 0 Å². The van der Waals surface area contributed by atoms with Gasteiger partial charge in [-0.1, -0.05) is 18.2 Å². The molecule has 3 heterocycles. The van der Waals surface area contributed by atoms with Crippen LogP contribution < -0.4 is 0 Å². The number of sulfone groups is 1. The van der Waals surface area contributed by atoms with Gasteiger partial charge in [-0.3, -0.25) is 4.90 Å². The van der Waals surface area contributed by atoms with E-state index in [1.54, 1.807) is 30.3 Å². The van der Waals surface area contributed by atoms with Crippen molar-refractivity contribution >= 4 is 9.84 Å². The molecule has 0 radical (unpaired) electrons. The van der Waals surface area contributed by atoms with Crippen molar-refractivity contribution in [2.24, 2.45) is 0 Å². The molecule has 186 valence electrons. The van der Waals surface area contributed by atoms with Crippen molar-refractivity contribution in [2.75, 3.05) is 52.4 Å². The van der Waals surface area contributed by atoms with E-state index in [0.717, 1.165) is 58.8 Å². The van der Waals surface area contributed by atoms with Gasteiger partial charge in [0.1, 0.15) is 11.9 Å². The van der Waals surface area contributed by atoms with Gasteiger partial charge in [-0.05, 0) is 71.2 Å². The van der Waals surface area contributed by atoms with Crippen LogP contribution in [0.1, 0.15) is 46.0 Å². The van der Waals surface area contributed by atoms with E-state index in [2.05, 4.69) is 39.5 Å². The summed E-state index contributed by atoms with van der Waals surface area (Å²) in [6.07, 6.45) is 5.92. The van der Waals surface area contributed by atoms with E-state index >= 15 is 0 Å². The van der Waals surface area contributed by atoms with Crippen LogP contribution in [0.2, 0.25) is 0 Å². The molecule has 0 aromatic heterocycles. The monoisotopic (exact) mass is 485 g/mol. The van der Waals surface area contributed by atoms with Crippen LogP contribution in [0.25, 0.3) is 0 Å². The predicted octanol–water partition coefficient (Wildman–Crippen LogP) is 3.13. The van der Waals surface area contributed by atoms with Crippen LogP contribution in [0, 0.1) is 11.3 Å². The lowest BCUT2D eigenvalue weighted by atomic mass is 10.2. The molecular formula is C26H39N5O2S. The first-order chi connectivity index (χ1) is 16.4. The SMILES string of the molecule is C[C@@H]1CCCN1CCN1CCN(CCCN2CCC[C@@H]2C)C1=C(C#N)S(=O)(=O)c1ccccc1. The third kappa shape index (κ3) is 5.42. The molecule has 3 saturated heterocycles. The third-order valence-corrected chi connectivity index (χ3v) is 9.48. The van der Waals surface area contributed by atoms with Gasteiger partial charge in [-0.15, -0.1) is 0 Å². The molecule has 1 aromatic carbocycles. The van der Waals surface area contributed by atoms with Crippen LogP contribution in [-0.4, -0.2) is 92.5 Å². The molecule has 8 heteroatoms. The Balaban J connectivity index is 1.57. The Bertz CT molecular complexity index is 1000. The Kier molecular flexibility index (Phi) is 8.18. The van der Waals surface area contributed by atoms with Gasteiger partial charge in [-0.2, -0.15) is 5.26 Å². The Hall–Kier alpha value is -2.08. The second-order valence-electron chi connectivity index (χ2n) is 9.96. The highest BCUT2D eigenvalue weighted by Crippen LogP contribution is 2.29. The highest BCUT2D eigenvalue weighted by Gasteiger charge is 2.35. The van der Waals surface area contributed by atoms with Crippen molar-refractivity contribution in [3.63, 3.8) is 0 Å². The van der Waals surface area contributed by atoms with Crippen LogP contribution in [-0.2, 0) is 9.84 Å². The van der Waals surface area contributed by atoms with Crippen molar-refractivity contribution in [3.8, 4) is 6.07 Å². The van der Waals surface area contributed by atoms with Crippen molar-refractivity contribution < 1.29 is 8.42 Å². The Morgan fingerprint density at radius 3 is 2.03 bits per heavy atom. The Labute approximate surface area is 205 Å². The number of benzene rings is 1. The molecule has 3 aliphatic heterocycles. The van der Waals surface area contributed by atoms with Crippen molar-refractivity contribution in [2.45, 2.75) is 62.9 Å². The summed E-state index contributed by atoms with van der Waals surface area (Å²) in [5.41, 5.74) is 0. The van der Waals surface area contributed by atoms with E-state index in [9.17, 15) is 13.7 Å². The van der Waals surface area contributed by atoms with Crippen LogP contribution >= 0.6 is 0 Å². The summed E-state index contributed by atoms with van der Waals surface area (Å²) in [5.74, 6) is 0.604. The van der Waals surface area contributed by atoms with Crippen LogP contribution in [0.4, 0.5) is 0 Å². The molecule has 3 aliphatic rings. The average molecular weight is 486 g/mol. The first-order valence-electron chi connectivity index (χ1n) is 12.8. The molecule has 0 saturated carbocycles. The lowest BCUT2D eigenvalue weighted by molar-refractivity contribution is 0.224. The minimum Gasteiger partial charge on any atom is -0.355 e. The van der Waals surface area contributed by atoms with Crippen LogP contribution in [0.15, 0.2) is 46.0 Å². The smallest absolute Gasteiger partial charge is 0.220 e. The summed E-state index contributed by atoms with van der Waals surface area (Å²) in [5, 5.41) is 10.1. The molecule has 1 aromatic rings. The first kappa shape index (κ1) is 25.0. The minimum absolute atomic E-state index is 0.111. The van der Waals surface area contributed by atoms with Gasteiger partial charge < -0.3 is 14.7 Å². The zero-order chi connectivity index (χ0) is 24.1. The van der Waals surface area contributed by atoms with Gasteiger partial charge in [0.05, 0.1) is 4.90 Å². The number of hydrogen-bond donors (Lipinski definition) is 0. The zero-order valence-electron chi connectivity index (χ0n) is 20.7. The Morgan fingerprint density at radius 1 is 0.882 bits per heavy atom. The van der Waals surface area contributed by atoms with E-state index < -0.39 is 9.84 Å². The molecule has 0 spiro atoms. The lowest BCUT2D eigenvalue weighted by Gasteiger charge is -2.29. The normalized spacial score (nSPS) is 25.8. The van der Waals surface area contributed by atoms with Crippen LogP contribution in [0.5, 0.6) is 0 Å². The zero-order valence-corrected chi connectivity index (χ0v) is 21.5. The maximum atomic E-state index is 13.5. The fourth-order valence-corrected chi connectivity index (χ4v) is 7.06. The lowest BCUT2D eigenvalue weighted by Crippen LogP contribution is -2.37. The molecule has 3 fully saturated rings. The number of allylic oxidation sites excluding steroid dienone is 1. The van der Waals surface area contributed by atoms with Crippen LogP contribution in [0.3, 0.4) is 0 Å². The van der Waals surface area contributed by atoms with Gasteiger partial charge in [0, 0.05) is 51.4 Å². The molecule has 4 rings (SSSR count). The molecule has 7 nitrogen and oxygen atoms in total. The molecule has 0 unspecified atom stereocenters. The molecular weight excluding hydrogens is 446 g/mol. The number of likely N-dealkylation sites (tertiary alicyclic amines) is 2. The Morgan fingerprint density at radius 2 is 1.47 bits per heavy atom. The van der Waals surface area contributed by atoms with E-state index in [0.29, 0.717) is 17.9 Å². The van der Waals surface area contributed by atoms with Gasteiger partial charge in [0.25, 0.3) is 0 Å². The standard InChI is InChI=1S/C26H39N5O2S/c1-22-9-6-13-28(22)15-8-16-30-19-20-31(18-17-29-14-7-10-23(29)2)26(30)25(21-27)34(32,33)24-11-4-3-5-12-24/h3-5,11-12,22-23H,6-10,13-20H2,1-2H3/t22-,23+/m0/s1. The molecule has 0 bridgehead atoms. The van der Waals surface area contributed by atoms with E-state index in [-0.39, 0.29) is 9.80 Å². The summed E-state index contributed by atoms with van der Waals surface area (Å²) in [6, 6.07) is 11.7. The summed E-state index contributed by atoms with van der Waals surface area (Å²) < 4.78 is 27.1. The number of nitrogens with zero attached hydrogens (tertiary/aromatic N) is 5. The fourth-order valence-electron chi connectivity index (χ4n) is 5.69. The highest BCUT2D eigenvalue weighted by atomic mass is 32.2. The molecule has 2 atom stereocenters. The second kappa shape index (κ2) is 11.1.